The van der Waals surface area contributed by atoms with Gasteiger partial charge in [0.15, 0.2) is 11.0 Å². The highest BCUT2D eigenvalue weighted by Crippen LogP contribution is 2.60. The molecule has 182 valence electrons. The van der Waals surface area contributed by atoms with E-state index in [0.717, 1.165) is 59.4 Å². The minimum absolute atomic E-state index is 0.147. The van der Waals surface area contributed by atoms with Crippen molar-refractivity contribution in [1.82, 2.24) is 20.1 Å². The molecule has 35 heavy (non-hydrogen) atoms. The predicted molar refractivity (Wildman–Crippen MR) is 139 cm³/mol. The molecule has 1 N–H and O–H groups in total. The largest absolute Gasteiger partial charge is 0.348 e. The van der Waals surface area contributed by atoms with Gasteiger partial charge in [0.1, 0.15) is 0 Å². The fraction of sp³-hybridized carbons (Fsp3) is 0.483. The molecule has 4 aliphatic carbocycles. The molecule has 4 aliphatic rings. The first-order chi connectivity index (χ1) is 17.0. The van der Waals surface area contributed by atoms with Gasteiger partial charge in [-0.05, 0) is 93.4 Å². The molecule has 0 unspecified atom stereocenters. The zero-order chi connectivity index (χ0) is 24.0. The van der Waals surface area contributed by atoms with Gasteiger partial charge >= 0.3 is 0 Å². The normalized spacial score (nSPS) is 26.7. The first-order valence-electron chi connectivity index (χ1n) is 13.0. The highest BCUT2D eigenvalue weighted by atomic mass is 32.2. The van der Waals surface area contributed by atoms with Crippen LogP contribution in [0, 0.1) is 37.0 Å². The summed E-state index contributed by atoms with van der Waals surface area (Å²) in [6.45, 7) is 4.65. The van der Waals surface area contributed by atoms with Gasteiger partial charge < -0.3 is 5.32 Å². The summed E-state index contributed by atoms with van der Waals surface area (Å²) in [5.74, 6) is 4.13. The van der Waals surface area contributed by atoms with E-state index in [4.69, 9.17) is 0 Å². The van der Waals surface area contributed by atoms with Crippen LogP contribution in [0.5, 0.6) is 0 Å². The molecule has 6 heteroatoms. The van der Waals surface area contributed by atoms with Crippen LogP contribution >= 0.6 is 11.8 Å². The summed E-state index contributed by atoms with van der Waals surface area (Å²) in [7, 11) is 0. The van der Waals surface area contributed by atoms with Gasteiger partial charge in [-0.1, -0.05) is 53.7 Å². The fourth-order valence-corrected chi connectivity index (χ4v) is 8.16. The van der Waals surface area contributed by atoms with Crippen molar-refractivity contribution in [3.63, 3.8) is 0 Å². The van der Waals surface area contributed by atoms with Crippen molar-refractivity contribution in [2.45, 2.75) is 69.8 Å². The van der Waals surface area contributed by atoms with Crippen LogP contribution in [0.1, 0.15) is 61.0 Å². The number of carbonyl (C=O) groups excluding carboxylic acids is 1. The van der Waals surface area contributed by atoms with Gasteiger partial charge in [0, 0.05) is 16.9 Å². The second-order valence-corrected chi connectivity index (χ2v) is 12.1. The first-order valence-corrected chi connectivity index (χ1v) is 13.9. The average Bonchev–Trinajstić information content (AvgIpc) is 3.24. The van der Waals surface area contributed by atoms with Gasteiger partial charge in [0.25, 0.3) is 0 Å². The number of aryl methyl sites for hydroxylation is 2. The van der Waals surface area contributed by atoms with E-state index in [0.29, 0.717) is 6.54 Å². The van der Waals surface area contributed by atoms with Crippen LogP contribution in [-0.2, 0) is 17.1 Å². The molecular weight excluding hydrogens is 452 g/mol. The average molecular weight is 487 g/mol. The van der Waals surface area contributed by atoms with E-state index in [9.17, 15) is 4.79 Å². The van der Waals surface area contributed by atoms with Crippen LogP contribution in [0.25, 0.3) is 5.69 Å². The first kappa shape index (κ1) is 22.8. The van der Waals surface area contributed by atoms with E-state index in [1.165, 1.54) is 36.0 Å². The highest BCUT2D eigenvalue weighted by molar-refractivity contribution is 7.98. The predicted octanol–water partition coefficient (Wildman–Crippen LogP) is 6.01. The Bertz CT molecular complexity index is 1200. The number of hydrogen-bond acceptors (Lipinski definition) is 4. The lowest BCUT2D eigenvalue weighted by molar-refractivity contribution is -0.146. The SMILES string of the molecule is Cc1ccc(-n2c(CNC(=O)C34CC5CC(CC(C5)C3)C4)nnc2SCc2ccccc2C)cc1. The molecule has 7 rings (SSSR count). The monoisotopic (exact) mass is 486 g/mol. The summed E-state index contributed by atoms with van der Waals surface area (Å²) >= 11 is 1.69. The Morgan fingerprint density at radius 1 is 0.971 bits per heavy atom. The zero-order valence-corrected chi connectivity index (χ0v) is 21.5. The number of rotatable bonds is 7. The van der Waals surface area contributed by atoms with Crippen LogP contribution in [0.2, 0.25) is 0 Å². The van der Waals surface area contributed by atoms with Crippen LogP contribution in [0.4, 0.5) is 0 Å². The van der Waals surface area contributed by atoms with Gasteiger partial charge in [-0.2, -0.15) is 0 Å². The second kappa shape index (κ2) is 9.12. The molecular formula is C29H34N4OS. The maximum absolute atomic E-state index is 13.5. The summed E-state index contributed by atoms with van der Waals surface area (Å²) in [5.41, 5.74) is 4.68. The molecule has 4 saturated carbocycles. The van der Waals surface area contributed by atoms with Crippen molar-refractivity contribution in [2.75, 3.05) is 0 Å². The fourth-order valence-electron chi connectivity index (χ4n) is 7.11. The van der Waals surface area contributed by atoms with Gasteiger partial charge in [-0.3, -0.25) is 9.36 Å². The molecule has 1 heterocycles. The summed E-state index contributed by atoms with van der Waals surface area (Å²) in [5, 5.41) is 13.3. The number of nitrogens with one attached hydrogen (secondary N) is 1. The lowest BCUT2D eigenvalue weighted by Gasteiger charge is -2.55. The molecule has 1 aromatic heterocycles. The molecule has 0 atom stereocenters. The Morgan fingerprint density at radius 3 is 2.29 bits per heavy atom. The maximum atomic E-state index is 13.5. The second-order valence-electron chi connectivity index (χ2n) is 11.2. The highest BCUT2D eigenvalue weighted by Gasteiger charge is 2.54. The van der Waals surface area contributed by atoms with Gasteiger partial charge in [0.05, 0.1) is 6.54 Å². The third-order valence-corrected chi connectivity index (χ3v) is 9.52. The van der Waals surface area contributed by atoms with E-state index in [2.05, 4.69) is 82.5 Å². The topological polar surface area (TPSA) is 59.8 Å². The van der Waals surface area contributed by atoms with Crippen molar-refractivity contribution >= 4 is 17.7 Å². The number of hydrogen-bond donors (Lipinski definition) is 1. The molecule has 0 radical (unpaired) electrons. The lowest BCUT2D eigenvalue weighted by Crippen LogP contribution is -2.53. The van der Waals surface area contributed by atoms with Crippen molar-refractivity contribution in [3.05, 3.63) is 71.0 Å². The molecule has 5 nitrogen and oxygen atoms in total. The summed E-state index contributed by atoms with van der Waals surface area (Å²) < 4.78 is 2.11. The Balaban J connectivity index is 1.23. The van der Waals surface area contributed by atoms with Crippen LogP contribution in [0.15, 0.2) is 53.7 Å². The minimum atomic E-state index is -0.147. The lowest BCUT2D eigenvalue weighted by atomic mass is 9.49. The molecule has 0 aliphatic heterocycles. The Labute approximate surface area is 212 Å². The Kier molecular flexibility index (Phi) is 5.95. The Hall–Kier alpha value is -2.60. The molecule has 4 fully saturated rings. The Morgan fingerprint density at radius 2 is 1.63 bits per heavy atom. The van der Waals surface area contributed by atoms with E-state index < -0.39 is 0 Å². The van der Waals surface area contributed by atoms with E-state index in [-0.39, 0.29) is 11.3 Å². The zero-order valence-electron chi connectivity index (χ0n) is 20.7. The minimum Gasteiger partial charge on any atom is -0.348 e. The van der Waals surface area contributed by atoms with Crippen LogP contribution in [-0.4, -0.2) is 20.7 Å². The molecule has 4 bridgehead atoms. The maximum Gasteiger partial charge on any atom is 0.226 e. The van der Waals surface area contributed by atoms with E-state index in [1.807, 2.05) is 0 Å². The molecule has 1 amide bonds. The number of thioether (sulfide) groups is 1. The van der Waals surface area contributed by atoms with Crippen molar-refractivity contribution in [3.8, 4) is 5.69 Å². The van der Waals surface area contributed by atoms with Crippen LogP contribution < -0.4 is 5.32 Å². The van der Waals surface area contributed by atoms with E-state index in [1.54, 1.807) is 11.8 Å². The van der Waals surface area contributed by atoms with Crippen LogP contribution in [0.3, 0.4) is 0 Å². The molecule has 3 aromatic rings. The van der Waals surface area contributed by atoms with Crippen molar-refractivity contribution in [2.24, 2.45) is 23.2 Å². The summed E-state index contributed by atoms with van der Waals surface area (Å²) in [6.07, 6.45) is 7.26. The number of aromatic nitrogens is 3. The molecule has 2 aromatic carbocycles. The van der Waals surface area contributed by atoms with Gasteiger partial charge in [-0.25, -0.2) is 0 Å². The van der Waals surface area contributed by atoms with Gasteiger partial charge in [-0.15, -0.1) is 10.2 Å². The number of benzene rings is 2. The third kappa shape index (κ3) is 4.42. The quantitative estimate of drug-likeness (QED) is 0.416. The molecule has 0 saturated heterocycles. The third-order valence-electron chi connectivity index (χ3n) is 8.54. The van der Waals surface area contributed by atoms with Gasteiger partial charge in [0.2, 0.25) is 5.91 Å². The molecule has 0 spiro atoms. The van der Waals surface area contributed by atoms with Crippen molar-refractivity contribution < 1.29 is 4.79 Å². The summed E-state index contributed by atoms with van der Waals surface area (Å²) in [4.78, 5) is 13.5. The summed E-state index contributed by atoms with van der Waals surface area (Å²) in [6, 6.07) is 16.9. The smallest absolute Gasteiger partial charge is 0.226 e. The number of carbonyl (C=O) groups is 1. The number of nitrogens with zero attached hydrogens (tertiary/aromatic N) is 3. The van der Waals surface area contributed by atoms with Crippen molar-refractivity contribution in [1.29, 1.82) is 0 Å². The standard InChI is InChI=1S/C29H34N4OS/c1-19-7-9-25(10-8-19)33-26(31-32-28(33)35-18-24-6-4-3-5-20(24)2)17-30-27(34)29-14-21-11-22(15-29)13-23(12-21)16-29/h3-10,21-23H,11-18H2,1-2H3,(H,30,34). The van der Waals surface area contributed by atoms with E-state index >= 15 is 0 Å². The number of amides is 1.